The summed E-state index contributed by atoms with van der Waals surface area (Å²) in [5.74, 6) is -0.586. The third-order valence-electron chi connectivity index (χ3n) is 11.4. The van der Waals surface area contributed by atoms with Gasteiger partial charge in [-0.15, -0.1) is 0 Å². The van der Waals surface area contributed by atoms with Crippen LogP contribution in [0, 0.1) is 0 Å². The number of hydrogen-bond acceptors (Lipinski definition) is 5. The topological polar surface area (TPSA) is 72.8 Å². The molecule has 1 unspecified atom stereocenters. The molecule has 5 nitrogen and oxygen atoms in total. The Morgan fingerprint density at radius 3 is 1.03 bits per heavy atom. The first kappa shape index (κ1) is 56.1. The molecule has 0 spiro atoms. The van der Waals surface area contributed by atoms with E-state index in [1.807, 2.05) is 0 Å². The number of aliphatic hydroxyl groups excluding tert-OH is 1. The number of hydrogen-bond donors (Lipinski definition) is 1. The number of esters is 2. The fourth-order valence-corrected chi connectivity index (χ4v) is 7.56. The van der Waals surface area contributed by atoms with E-state index < -0.39 is 6.10 Å². The molecule has 0 amide bonds. The molecule has 1 N–H and O–H groups in total. The van der Waals surface area contributed by atoms with E-state index in [0.29, 0.717) is 12.8 Å². The average Bonchev–Trinajstić information content (AvgIpc) is 3.23. The first-order valence-electron chi connectivity index (χ1n) is 25.5. The Balaban J connectivity index is 3.35. The molecular weight excluding hydrogens is 717 g/mol. The van der Waals surface area contributed by atoms with Gasteiger partial charge < -0.3 is 14.6 Å². The SMILES string of the molecule is CCCCCCC/C=C\C/C=C\C/C=C\CCCCCCCCCCCCCCCCCCCCCCCCC(=O)OC(CO)COC(=O)CCCCCCCCC. The lowest BCUT2D eigenvalue weighted by Gasteiger charge is -2.15. The third-order valence-corrected chi connectivity index (χ3v) is 11.4. The van der Waals surface area contributed by atoms with Gasteiger partial charge in [-0.25, -0.2) is 0 Å². The zero-order valence-electron chi connectivity index (χ0n) is 38.8. The Kier molecular flexibility index (Phi) is 47.9. The van der Waals surface area contributed by atoms with Crippen molar-refractivity contribution in [2.24, 2.45) is 0 Å². The van der Waals surface area contributed by atoms with Crippen LogP contribution < -0.4 is 0 Å². The number of unbranched alkanes of at least 4 members (excludes halogenated alkanes) is 33. The molecule has 0 aromatic heterocycles. The Morgan fingerprint density at radius 1 is 0.397 bits per heavy atom. The highest BCUT2D eigenvalue weighted by atomic mass is 16.6. The molecule has 0 aliphatic carbocycles. The molecule has 0 aliphatic heterocycles. The number of allylic oxidation sites excluding steroid dienone is 6. The van der Waals surface area contributed by atoms with Crippen LogP contribution in [0.5, 0.6) is 0 Å². The molecule has 340 valence electrons. The summed E-state index contributed by atoms with van der Waals surface area (Å²) < 4.78 is 10.6. The summed E-state index contributed by atoms with van der Waals surface area (Å²) in [5, 5.41) is 9.54. The molecule has 0 aromatic carbocycles. The fourth-order valence-electron chi connectivity index (χ4n) is 7.56. The van der Waals surface area contributed by atoms with Crippen LogP contribution in [0.1, 0.15) is 271 Å². The van der Waals surface area contributed by atoms with Gasteiger partial charge in [0.2, 0.25) is 0 Å². The monoisotopic (exact) mass is 815 g/mol. The van der Waals surface area contributed by atoms with Crippen LogP contribution in [0.4, 0.5) is 0 Å². The number of carbonyl (C=O) groups is 2. The van der Waals surface area contributed by atoms with Crippen molar-refractivity contribution in [1.29, 1.82) is 0 Å². The lowest BCUT2D eigenvalue weighted by Crippen LogP contribution is -2.28. The van der Waals surface area contributed by atoms with E-state index in [9.17, 15) is 14.7 Å². The van der Waals surface area contributed by atoms with E-state index in [4.69, 9.17) is 9.47 Å². The lowest BCUT2D eigenvalue weighted by molar-refractivity contribution is -0.161. The normalized spacial score (nSPS) is 12.4. The van der Waals surface area contributed by atoms with Crippen molar-refractivity contribution in [2.75, 3.05) is 13.2 Å². The minimum atomic E-state index is -0.764. The maximum Gasteiger partial charge on any atom is 0.306 e. The molecule has 0 aromatic rings. The van der Waals surface area contributed by atoms with E-state index in [1.165, 1.54) is 193 Å². The van der Waals surface area contributed by atoms with Gasteiger partial charge in [-0.3, -0.25) is 9.59 Å². The molecule has 0 heterocycles. The second-order valence-corrected chi connectivity index (χ2v) is 17.3. The third kappa shape index (κ3) is 46.8. The largest absolute Gasteiger partial charge is 0.462 e. The van der Waals surface area contributed by atoms with Crippen molar-refractivity contribution in [3.05, 3.63) is 36.5 Å². The highest BCUT2D eigenvalue weighted by Crippen LogP contribution is 2.16. The molecule has 58 heavy (non-hydrogen) atoms. The van der Waals surface area contributed by atoms with Gasteiger partial charge in [0.15, 0.2) is 6.10 Å². The fraction of sp³-hybridized carbons (Fsp3) is 0.849. The molecule has 0 saturated carbocycles. The summed E-state index contributed by atoms with van der Waals surface area (Å²) in [4.78, 5) is 24.2. The molecule has 0 fully saturated rings. The first-order chi connectivity index (χ1) is 28.6. The van der Waals surface area contributed by atoms with Crippen molar-refractivity contribution in [2.45, 2.75) is 277 Å². The van der Waals surface area contributed by atoms with Gasteiger partial charge >= 0.3 is 11.9 Å². The summed E-state index contributed by atoms with van der Waals surface area (Å²) in [5.41, 5.74) is 0. The van der Waals surface area contributed by atoms with Crippen LogP contribution in [0.3, 0.4) is 0 Å². The molecule has 1 atom stereocenters. The van der Waals surface area contributed by atoms with Crippen molar-refractivity contribution in [1.82, 2.24) is 0 Å². The molecular formula is C53H98O5. The minimum absolute atomic E-state index is 0.0611. The van der Waals surface area contributed by atoms with Crippen molar-refractivity contribution in [3.63, 3.8) is 0 Å². The van der Waals surface area contributed by atoms with Crippen molar-refractivity contribution in [3.8, 4) is 0 Å². The first-order valence-corrected chi connectivity index (χ1v) is 25.5. The average molecular weight is 815 g/mol. The summed E-state index contributed by atoms with van der Waals surface area (Å²) in [6.45, 7) is 4.10. The van der Waals surface area contributed by atoms with Gasteiger partial charge in [0.25, 0.3) is 0 Å². The molecule has 0 aliphatic rings. The zero-order valence-corrected chi connectivity index (χ0v) is 38.8. The highest BCUT2D eigenvalue weighted by molar-refractivity contribution is 5.70. The molecule has 0 rings (SSSR count). The van der Waals surface area contributed by atoms with E-state index >= 15 is 0 Å². The molecule has 0 bridgehead atoms. The maximum absolute atomic E-state index is 12.2. The number of aliphatic hydroxyl groups is 1. The molecule has 0 saturated heterocycles. The van der Waals surface area contributed by atoms with Gasteiger partial charge in [-0.05, 0) is 51.4 Å². The van der Waals surface area contributed by atoms with E-state index in [0.717, 1.165) is 51.4 Å². The van der Waals surface area contributed by atoms with E-state index in [2.05, 4.69) is 50.3 Å². The van der Waals surface area contributed by atoms with Crippen molar-refractivity contribution < 1.29 is 24.2 Å². The van der Waals surface area contributed by atoms with Crippen LogP contribution in [-0.2, 0) is 19.1 Å². The Morgan fingerprint density at radius 2 is 0.690 bits per heavy atom. The van der Waals surface area contributed by atoms with Gasteiger partial charge in [-0.2, -0.15) is 0 Å². The number of rotatable bonds is 47. The summed E-state index contributed by atoms with van der Waals surface area (Å²) in [6.07, 6.45) is 62.9. The Hall–Kier alpha value is -1.88. The molecule has 5 heteroatoms. The van der Waals surface area contributed by atoms with Crippen molar-refractivity contribution >= 4 is 11.9 Å². The van der Waals surface area contributed by atoms with Crippen LogP contribution in [-0.4, -0.2) is 36.4 Å². The minimum Gasteiger partial charge on any atom is -0.462 e. The lowest BCUT2D eigenvalue weighted by atomic mass is 10.0. The number of carbonyl (C=O) groups excluding carboxylic acids is 2. The van der Waals surface area contributed by atoms with Gasteiger partial charge in [-0.1, -0.05) is 243 Å². The zero-order chi connectivity index (χ0) is 42.1. The van der Waals surface area contributed by atoms with Crippen LogP contribution in [0.15, 0.2) is 36.5 Å². The quantitative estimate of drug-likeness (QED) is 0.0376. The molecule has 0 radical (unpaired) electrons. The van der Waals surface area contributed by atoms with Crippen LogP contribution >= 0.6 is 0 Å². The standard InChI is InChI=1S/C53H98O5/c1-3-5-7-9-11-12-13-14-15-16-17-18-19-20-21-22-23-24-25-26-27-28-29-30-31-32-33-34-35-36-37-38-39-40-42-44-46-48-53(56)58-51(49-54)50-57-52(55)47-45-43-41-10-8-6-4-2/h13-14,16-17,19-20,51,54H,3-12,15,18,21-50H2,1-2H3/b14-13-,17-16-,20-19-. The summed E-state index contributed by atoms with van der Waals surface area (Å²) >= 11 is 0. The predicted molar refractivity (Wildman–Crippen MR) is 251 cm³/mol. The summed E-state index contributed by atoms with van der Waals surface area (Å²) in [6, 6.07) is 0. The van der Waals surface area contributed by atoms with Gasteiger partial charge in [0, 0.05) is 12.8 Å². The smallest absolute Gasteiger partial charge is 0.306 e. The maximum atomic E-state index is 12.2. The van der Waals surface area contributed by atoms with Gasteiger partial charge in [0.1, 0.15) is 6.61 Å². The summed E-state index contributed by atoms with van der Waals surface area (Å²) in [7, 11) is 0. The van der Waals surface area contributed by atoms with Crippen LogP contribution in [0.25, 0.3) is 0 Å². The van der Waals surface area contributed by atoms with Gasteiger partial charge in [0.05, 0.1) is 6.61 Å². The Labute approximate surface area is 361 Å². The van der Waals surface area contributed by atoms with E-state index in [-0.39, 0.29) is 25.2 Å². The Bertz CT molecular complexity index is 924. The second kappa shape index (κ2) is 49.5. The van der Waals surface area contributed by atoms with Crippen LogP contribution in [0.2, 0.25) is 0 Å². The number of ether oxygens (including phenoxy) is 2. The predicted octanol–water partition coefficient (Wildman–Crippen LogP) is 16.7. The second-order valence-electron chi connectivity index (χ2n) is 17.3. The highest BCUT2D eigenvalue weighted by Gasteiger charge is 2.16. The van der Waals surface area contributed by atoms with E-state index in [1.54, 1.807) is 0 Å².